The molecular weight excluding hydrogens is 224 g/mol. The van der Waals surface area contributed by atoms with Crippen molar-refractivity contribution in [3.63, 3.8) is 0 Å². The number of hydrogen-bond acceptors (Lipinski definition) is 1. The molecule has 1 atom stereocenters. The fourth-order valence-corrected chi connectivity index (χ4v) is 2.58. The first kappa shape index (κ1) is 14.2. The first-order chi connectivity index (χ1) is 7.99. The van der Waals surface area contributed by atoms with Crippen LogP contribution in [0, 0.1) is 0 Å². The summed E-state index contributed by atoms with van der Waals surface area (Å²) in [6.07, 6.45) is 4.95. The smallest absolute Gasteiger partial charge is 0.0790 e. The molecule has 1 unspecified atom stereocenters. The summed E-state index contributed by atoms with van der Waals surface area (Å²) in [6.45, 7) is 7.01. The van der Waals surface area contributed by atoms with Gasteiger partial charge < -0.3 is 5.11 Å². The van der Waals surface area contributed by atoms with E-state index < -0.39 is 8.07 Å². The fraction of sp³-hybridized carbons (Fsp3) is 0.467. The highest BCUT2D eigenvalue weighted by atomic mass is 28.3. The van der Waals surface area contributed by atoms with Crippen molar-refractivity contribution in [2.45, 2.75) is 45.0 Å². The summed E-state index contributed by atoms with van der Waals surface area (Å²) < 4.78 is 0. The topological polar surface area (TPSA) is 20.2 Å². The van der Waals surface area contributed by atoms with Crippen molar-refractivity contribution in [3.8, 4) is 0 Å². The minimum absolute atomic E-state index is 0.309. The van der Waals surface area contributed by atoms with Gasteiger partial charge in [0.1, 0.15) is 0 Å². The Morgan fingerprint density at radius 1 is 1.18 bits per heavy atom. The van der Waals surface area contributed by atoms with Gasteiger partial charge in [-0.25, -0.2) is 0 Å². The van der Waals surface area contributed by atoms with Crippen LogP contribution in [0.4, 0.5) is 0 Å². The molecular formula is C15H24OSi. The van der Waals surface area contributed by atoms with Gasteiger partial charge in [0.05, 0.1) is 14.2 Å². The summed E-state index contributed by atoms with van der Waals surface area (Å²) in [5.74, 6) is 0. The Kier molecular flexibility index (Phi) is 5.66. The van der Waals surface area contributed by atoms with Gasteiger partial charge >= 0.3 is 0 Å². The van der Waals surface area contributed by atoms with Crippen LogP contribution in [0.3, 0.4) is 0 Å². The Labute approximate surface area is 106 Å². The number of hydrogen-bond donors (Lipinski definition) is 1. The minimum atomic E-state index is -1.04. The third kappa shape index (κ3) is 6.44. The van der Waals surface area contributed by atoms with Gasteiger partial charge in [-0.1, -0.05) is 61.7 Å². The second-order valence-electron chi connectivity index (χ2n) is 5.63. The van der Waals surface area contributed by atoms with E-state index in [1.807, 2.05) is 30.3 Å². The summed E-state index contributed by atoms with van der Waals surface area (Å²) >= 11 is 0. The molecule has 1 aromatic carbocycles. The highest BCUT2D eigenvalue weighted by Crippen LogP contribution is 2.18. The molecule has 0 saturated heterocycles. The second-order valence-corrected chi connectivity index (χ2v) is 10.7. The van der Waals surface area contributed by atoms with E-state index in [2.05, 4.69) is 31.4 Å². The summed E-state index contributed by atoms with van der Waals surface area (Å²) in [7, 11) is -1.04. The highest BCUT2D eigenvalue weighted by Gasteiger charge is 2.07. The molecule has 1 nitrogen and oxygen atoms in total. The lowest BCUT2D eigenvalue weighted by atomic mass is 10.0. The largest absolute Gasteiger partial charge is 0.388 e. The predicted molar refractivity (Wildman–Crippen MR) is 77.7 cm³/mol. The lowest BCUT2D eigenvalue weighted by molar-refractivity contribution is 0.165. The zero-order chi connectivity index (χ0) is 12.7. The van der Waals surface area contributed by atoms with E-state index >= 15 is 0 Å². The maximum absolute atomic E-state index is 9.96. The molecule has 0 amide bonds. The summed E-state index contributed by atoms with van der Waals surface area (Å²) in [4.78, 5) is 0. The van der Waals surface area contributed by atoms with E-state index in [4.69, 9.17) is 0 Å². The quantitative estimate of drug-likeness (QED) is 0.587. The zero-order valence-electron chi connectivity index (χ0n) is 11.2. The molecule has 0 aliphatic rings. The van der Waals surface area contributed by atoms with Crippen LogP contribution in [0.1, 0.15) is 30.9 Å². The Bertz CT molecular complexity index is 338. The molecule has 2 heteroatoms. The van der Waals surface area contributed by atoms with E-state index in [0.29, 0.717) is 0 Å². The molecule has 0 aromatic heterocycles. The molecule has 0 aliphatic carbocycles. The fourth-order valence-electron chi connectivity index (χ4n) is 1.71. The lowest BCUT2D eigenvalue weighted by Crippen LogP contribution is -2.15. The lowest BCUT2D eigenvalue weighted by Gasteiger charge is -2.10. The van der Waals surface area contributed by atoms with Gasteiger partial charge in [-0.2, -0.15) is 0 Å². The van der Waals surface area contributed by atoms with Gasteiger partial charge in [-0.15, -0.1) is 0 Å². The van der Waals surface area contributed by atoms with Gasteiger partial charge in [0.2, 0.25) is 0 Å². The van der Waals surface area contributed by atoms with Crippen LogP contribution in [-0.2, 0) is 0 Å². The number of aliphatic hydroxyl groups is 1. The zero-order valence-corrected chi connectivity index (χ0v) is 12.2. The van der Waals surface area contributed by atoms with Crippen LogP contribution >= 0.6 is 0 Å². The van der Waals surface area contributed by atoms with Crippen LogP contribution in [0.2, 0.25) is 19.6 Å². The SMILES string of the molecule is C[Si](C)(C)/C=C/CCCC(O)c1ccccc1. The predicted octanol–water partition coefficient (Wildman–Crippen LogP) is 4.32. The van der Waals surface area contributed by atoms with Gasteiger partial charge in [0.25, 0.3) is 0 Å². The van der Waals surface area contributed by atoms with Crippen LogP contribution in [0.25, 0.3) is 0 Å². The van der Waals surface area contributed by atoms with E-state index in [1.165, 1.54) is 0 Å². The van der Waals surface area contributed by atoms with E-state index in [1.54, 1.807) is 0 Å². The molecule has 1 N–H and O–H groups in total. The molecule has 0 heterocycles. The Morgan fingerprint density at radius 2 is 1.82 bits per heavy atom. The van der Waals surface area contributed by atoms with E-state index in [9.17, 15) is 5.11 Å². The Balaban J connectivity index is 2.26. The van der Waals surface area contributed by atoms with E-state index in [0.717, 1.165) is 24.8 Å². The second kappa shape index (κ2) is 6.77. The highest BCUT2D eigenvalue weighted by molar-refractivity contribution is 6.80. The van der Waals surface area contributed by atoms with Gasteiger partial charge in [0.15, 0.2) is 0 Å². The van der Waals surface area contributed by atoms with Crippen LogP contribution in [-0.4, -0.2) is 13.2 Å². The molecule has 94 valence electrons. The maximum Gasteiger partial charge on any atom is 0.0790 e. The molecule has 0 radical (unpaired) electrons. The summed E-state index contributed by atoms with van der Waals surface area (Å²) in [5, 5.41) is 9.96. The number of rotatable bonds is 6. The van der Waals surface area contributed by atoms with Crippen LogP contribution in [0.15, 0.2) is 42.1 Å². The van der Waals surface area contributed by atoms with Crippen molar-refractivity contribution in [3.05, 3.63) is 47.7 Å². The van der Waals surface area contributed by atoms with Crippen LogP contribution < -0.4 is 0 Å². The molecule has 0 aliphatic heterocycles. The van der Waals surface area contributed by atoms with Crippen LogP contribution in [0.5, 0.6) is 0 Å². The summed E-state index contributed by atoms with van der Waals surface area (Å²) in [6, 6.07) is 9.91. The number of benzene rings is 1. The van der Waals surface area contributed by atoms with Gasteiger partial charge in [-0.05, 0) is 24.8 Å². The average molecular weight is 248 g/mol. The molecule has 0 fully saturated rings. The normalized spacial score (nSPS) is 14.1. The third-order valence-corrected chi connectivity index (χ3v) is 3.89. The average Bonchev–Trinajstić information content (AvgIpc) is 2.28. The molecule has 0 bridgehead atoms. The Hall–Kier alpha value is -0.863. The number of aliphatic hydroxyl groups excluding tert-OH is 1. The van der Waals surface area contributed by atoms with Crippen molar-refractivity contribution in [2.24, 2.45) is 0 Å². The standard InChI is InChI=1S/C15H24OSi/c1-17(2,3)13-9-5-8-12-15(16)14-10-6-4-7-11-14/h4,6-7,9-11,13,15-16H,5,8,12H2,1-3H3/b13-9+. The molecule has 1 rings (SSSR count). The summed E-state index contributed by atoms with van der Waals surface area (Å²) in [5.41, 5.74) is 3.41. The minimum Gasteiger partial charge on any atom is -0.388 e. The van der Waals surface area contributed by atoms with Gasteiger partial charge in [-0.3, -0.25) is 0 Å². The molecule has 0 saturated carbocycles. The van der Waals surface area contributed by atoms with Crippen molar-refractivity contribution in [1.29, 1.82) is 0 Å². The number of unbranched alkanes of at least 4 members (excludes halogenated alkanes) is 1. The van der Waals surface area contributed by atoms with Gasteiger partial charge in [0, 0.05) is 0 Å². The molecule has 17 heavy (non-hydrogen) atoms. The van der Waals surface area contributed by atoms with Crippen molar-refractivity contribution in [1.82, 2.24) is 0 Å². The molecule has 0 spiro atoms. The van der Waals surface area contributed by atoms with Crippen molar-refractivity contribution < 1.29 is 5.11 Å². The first-order valence-corrected chi connectivity index (χ1v) is 9.97. The van der Waals surface area contributed by atoms with Crippen molar-refractivity contribution >= 4 is 8.07 Å². The maximum atomic E-state index is 9.96. The monoisotopic (exact) mass is 248 g/mol. The molecule has 1 aromatic rings. The van der Waals surface area contributed by atoms with E-state index in [-0.39, 0.29) is 6.10 Å². The number of allylic oxidation sites excluding steroid dienone is 1. The van der Waals surface area contributed by atoms with Crippen molar-refractivity contribution in [2.75, 3.05) is 0 Å². The first-order valence-electron chi connectivity index (χ1n) is 6.40. The third-order valence-electron chi connectivity index (χ3n) is 2.65. The Morgan fingerprint density at radius 3 is 2.41 bits per heavy atom.